The molecule has 1 fully saturated rings. The molecule has 1 aromatic rings. The van der Waals surface area contributed by atoms with Crippen molar-refractivity contribution in [1.82, 2.24) is 9.88 Å². The number of pyridine rings is 1. The van der Waals surface area contributed by atoms with Crippen molar-refractivity contribution in [3.8, 4) is 11.5 Å². The van der Waals surface area contributed by atoms with E-state index in [1.54, 1.807) is 26.0 Å². The molecule has 2 atom stereocenters. The zero-order valence-corrected chi connectivity index (χ0v) is 13.1. The van der Waals surface area contributed by atoms with Crippen LogP contribution in [0, 0.1) is 11.8 Å². The lowest BCUT2D eigenvalue weighted by atomic mass is 9.83. The van der Waals surface area contributed by atoms with Crippen molar-refractivity contribution in [2.75, 3.05) is 27.3 Å². The molecule has 1 aliphatic heterocycles. The molecule has 0 unspecified atom stereocenters. The lowest BCUT2D eigenvalue weighted by Crippen LogP contribution is -2.21. The molecule has 0 saturated carbocycles. The van der Waals surface area contributed by atoms with E-state index >= 15 is 0 Å². The van der Waals surface area contributed by atoms with Crippen molar-refractivity contribution in [1.29, 1.82) is 0 Å². The minimum atomic E-state index is 0.761. The van der Waals surface area contributed by atoms with Crippen molar-refractivity contribution in [3.63, 3.8) is 0 Å². The fraction of sp³-hybridized carbons (Fsp3) is 0.588. The Labute approximate surface area is 126 Å². The summed E-state index contributed by atoms with van der Waals surface area (Å²) >= 11 is 0. The van der Waals surface area contributed by atoms with Gasteiger partial charge in [0.1, 0.15) is 5.69 Å². The molecule has 4 nitrogen and oxygen atoms in total. The van der Waals surface area contributed by atoms with Gasteiger partial charge in [0.15, 0.2) is 11.5 Å². The summed E-state index contributed by atoms with van der Waals surface area (Å²) in [5, 5.41) is 0. The Hall–Kier alpha value is -1.55. The summed E-state index contributed by atoms with van der Waals surface area (Å²) in [6.45, 7) is 5.42. The van der Waals surface area contributed by atoms with Crippen LogP contribution in [-0.2, 0) is 6.54 Å². The predicted octanol–water partition coefficient (Wildman–Crippen LogP) is 2.89. The Kier molecular flexibility index (Phi) is 4.15. The van der Waals surface area contributed by atoms with Crippen LogP contribution in [0.2, 0.25) is 0 Å². The average molecular weight is 288 g/mol. The largest absolute Gasteiger partial charge is 0.493 e. The van der Waals surface area contributed by atoms with Gasteiger partial charge in [0.25, 0.3) is 0 Å². The van der Waals surface area contributed by atoms with Crippen LogP contribution in [0.4, 0.5) is 0 Å². The van der Waals surface area contributed by atoms with Gasteiger partial charge in [-0.15, -0.1) is 0 Å². The first kappa shape index (κ1) is 14.4. The summed E-state index contributed by atoms with van der Waals surface area (Å²) in [5.74, 6) is 3.15. The van der Waals surface area contributed by atoms with Crippen molar-refractivity contribution in [2.45, 2.75) is 26.3 Å². The van der Waals surface area contributed by atoms with Gasteiger partial charge in [-0.25, -0.2) is 0 Å². The number of fused-ring (bicyclic) bond motifs is 1. The summed E-state index contributed by atoms with van der Waals surface area (Å²) in [7, 11) is 3.35. The molecular weight excluding hydrogens is 264 g/mol. The van der Waals surface area contributed by atoms with E-state index in [0.717, 1.165) is 48.7 Å². The first-order chi connectivity index (χ1) is 10.2. The van der Waals surface area contributed by atoms with E-state index in [9.17, 15) is 0 Å². The van der Waals surface area contributed by atoms with E-state index in [1.807, 2.05) is 6.07 Å². The molecule has 0 aromatic carbocycles. The van der Waals surface area contributed by atoms with Crippen LogP contribution < -0.4 is 9.47 Å². The van der Waals surface area contributed by atoms with Gasteiger partial charge in [0.2, 0.25) is 0 Å². The fourth-order valence-corrected chi connectivity index (χ4v) is 3.69. The van der Waals surface area contributed by atoms with E-state index in [-0.39, 0.29) is 0 Å². The van der Waals surface area contributed by atoms with Gasteiger partial charge in [0.05, 0.1) is 14.2 Å². The molecule has 0 radical (unpaired) electrons. The molecule has 2 heterocycles. The molecule has 2 aliphatic rings. The number of likely N-dealkylation sites (tertiary alicyclic amines) is 1. The molecule has 0 amide bonds. The van der Waals surface area contributed by atoms with Crippen molar-refractivity contribution < 1.29 is 9.47 Å². The van der Waals surface area contributed by atoms with Gasteiger partial charge in [-0.1, -0.05) is 11.6 Å². The third-order valence-electron chi connectivity index (χ3n) is 4.74. The smallest absolute Gasteiger partial charge is 0.183 e. The number of hydrogen-bond donors (Lipinski definition) is 0. The molecular formula is C17H24N2O2. The topological polar surface area (TPSA) is 34.6 Å². The molecule has 1 saturated heterocycles. The van der Waals surface area contributed by atoms with Gasteiger partial charge in [0, 0.05) is 31.9 Å². The lowest BCUT2D eigenvalue weighted by molar-refractivity contribution is 0.294. The summed E-state index contributed by atoms with van der Waals surface area (Å²) in [6, 6.07) is 1.85. The molecule has 0 N–H and O–H groups in total. The second kappa shape index (κ2) is 6.06. The van der Waals surface area contributed by atoms with Gasteiger partial charge < -0.3 is 9.47 Å². The molecule has 0 spiro atoms. The van der Waals surface area contributed by atoms with Gasteiger partial charge in [-0.05, 0) is 31.6 Å². The second-order valence-corrected chi connectivity index (χ2v) is 6.20. The number of ether oxygens (including phenoxy) is 2. The van der Waals surface area contributed by atoms with Crippen LogP contribution in [-0.4, -0.2) is 37.2 Å². The van der Waals surface area contributed by atoms with E-state index in [1.165, 1.54) is 12.8 Å². The lowest BCUT2D eigenvalue weighted by Gasteiger charge is -2.22. The van der Waals surface area contributed by atoms with Gasteiger partial charge >= 0.3 is 0 Å². The molecule has 114 valence electrons. The maximum Gasteiger partial charge on any atom is 0.183 e. The Bertz CT molecular complexity index is 542. The molecule has 21 heavy (non-hydrogen) atoms. The first-order valence-electron chi connectivity index (χ1n) is 7.65. The van der Waals surface area contributed by atoms with Gasteiger partial charge in [-0.3, -0.25) is 9.88 Å². The standard InChI is InChI=1S/C17H24N2O2/c1-12-4-5-13-9-19(10-14(13)8-12)11-15-17(21-3)16(20-2)6-7-18-15/h4,6-7,13-14H,5,8-11H2,1-3H3/t13-,14+/m1/s1. The highest BCUT2D eigenvalue weighted by molar-refractivity contribution is 5.42. The third kappa shape index (κ3) is 2.91. The zero-order chi connectivity index (χ0) is 14.8. The van der Waals surface area contributed by atoms with E-state index in [0.29, 0.717) is 0 Å². The second-order valence-electron chi connectivity index (χ2n) is 6.20. The Morgan fingerprint density at radius 2 is 2.05 bits per heavy atom. The van der Waals surface area contributed by atoms with Crippen molar-refractivity contribution >= 4 is 0 Å². The maximum atomic E-state index is 5.49. The monoisotopic (exact) mass is 288 g/mol. The third-order valence-corrected chi connectivity index (χ3v) is 4.74. The van der Waals surface area contributed by atoms with E-state index in [4.69, 9.17) is 9.47 Å². The number of methoxy groups -OCH3 is 2. The van der Waals surface area contributed by atoms with Crippen LogP contribution in [0.3, 0.4) is 0 Å². The van der Waals surface area contributed by atoms with Crippen LogP contribution in [0.25, 0.3) is 0 Å². The quantitative estimate of drug-likeness (QED) is 0.798. The summed E-state index contributed by atoms with van der Waals surface area (Å²) in [6.07, 6.45) is 6.69. The molecule has 0 bridgehead atoms. The SMILES string of the molecule is COc1ccnc(CN2C[C@H]3CC=C(C)C[C@H]3C2)c1OC. The Morgan fingerprint density at radius 3 is 2.81 bits per heavy atom. The summed E-state index contributed by atoms with van der Waals surface area (Å²) in [4.78, 5) is 7.00. The van der Waals surface area contributed by atoms with E-state index < -0.39 is 0 Å². The Morgan fingerprint density at radius 1 is 1.24 bits per heavy atom. The van der Waals surface area contributed by atoms with Crippen molar-refractivity contribution in [2.24, 2.45) is 11.8 Å². The number of nitrogens with zero attached hydrogens (tertiary/aromatic N) is 2. The minimum absolute atomic E-state index is 0.761. The molecule has 4 heteroatoms. The first-order valence-corrected chi connectivity index (χ1v) is 7.65. The zero-order valence-electron chi connectivity index (χ0n) is 13.1. The van der Waals surface area contributed by atoms with Crippen molar-refractivity contribution in [3.05, 3.63) is 29.6 Å². The average Bonchev–Trinajstić information content (AvgIpc) is 2.88. The fourth-order valence-electron chi connectivity index (χ4n) is 3.69. The Balaban J connectivity index is 1.71. The van der Waals surface area contributed by atoms with Crippen LogP contribution in [0.15, 0.2) is 23.9 Å². The van der Waals surface area contributed by atoms with Gasteiger partial charge in [-0.2, -0.15) is 0 Å². The normalized spacial score (nSPS) is 25.4. The number of aromatic nitrogens is 1. The summed E-state index contributed by atoms with van der Waals surface area (Å²) in [5.41, 5.74) is 2.52. The highest BCUT2D eigenvalue weighted by Gasteiger charge is 2.34. The summed E-state index contributed by atoms with van der Waals surface area (Å²) < 4.78 is 10.8. The maximum absolute atomic E-state index is 5.49. The van der Waals surface area contributed by atoms with E-state index in [2.05, 4.69) is 22.9 Å². The number of rotatable bonds is 4. The molecule has 1 aromatic heterocycles. The number of hydrogen-bond acceptors (Lipinski definition) is 4. The highest BCUT2D eigenvalue weighted by atomic mass is 16.5. The molecule has 3 rings (SSSR count). The van der Waals surface area contributed by atoms with Crippen LogP contribution >= 0.6 is 0 Å². The van der Waals surface area contributed by atoms with Crippen LogP contribution in [0.5, 0.6) is 11.5 Å². The predicted molar refractivity (Wildman–Crippen MR) is 82.6 cm³/mol. The molecule has 1 aliphatic carbocycles. The highest BCUT2D eigenvalue weighted by Crippen LogP contribution is 2.37. The number of allylic oxidation sites excluding steroid dienone is 2. The minimum Gasteiger partial charge on any atom is -0.493 e. The van der Waals surface area contributed by atoms with Crippen LogP contribution in [0.1, 0.15) is 25.5 Å².